The first kappa shape index (κ1) is 16.0. The minimum Gasteiger partial charge on any atom is -0.378 e. The summed E-state index contributed by atoms with van der Waals surface area (Å²) in [5, 5.41) is 4.72. The van der Waals surface area contributed by atoms with E-state index in [0.29, 0.717) is 6.61 Å². The van der Waals surface area contributed by atoms with Crippen LogP contribution in [0.2, 0.25) is 0 Å². The van der Waals surface area contributed by atoms with Crippen LogP contribution in [-0.4, -0.2) is 23.4 Å². The van der Waals surface area contributed by atoms with Crippen molar-refractivity contribution in [1.29, 1.82) is 0 Å². The minimum atomic E-state index is 0.132. The van der Waals surface area contributed by atoms with Crippen LogP contribution in [0.1, 0.15) is 43.3 Å². The summed E-state index contributed by atoms with van der Waals surface area (Å²) in [4.78, 5) is 5.97. The Bertz CT molecular complexity index is 358. The highest BCUT2D eigenvalue weighted by atomic mass is 32.2. The predicted molar refractivity (Wildman–Crippen MR) is 81.3 cm³/mol. The third-order valence-corrected chi connectivity index (χ3v) is 4.48. The summed E-state index contributed by atoms with van der Waals surface area (Å²) in [6.45, 7) is 10.2. The highest BCUT2D eigenvalue weighted by Crippen LogP contribution is 2.23. The molecule has 1 N–H and O–H groups in total. The van der Waals surface area contributed by atoms with Gasteiger partial charge in [-0.25, -0.2) is 4.98 Å². The summed E-state index contributed by atoms with van der Waals surface area (Å²) < 4.78 is 5.23. The zero-order valence-electron chi connectivity index (χ0n) is 12.0. The Hall–Kier alpha value is -0.100. The number of hydrogen-bond acceptors (Lipinski definition) is 5. The summed E-state index contributed by atoms with van der Waals surface area (Å²) in [6.07, 6.45) is 0. The summed E-state index contributed by atoms with van der Waals surface area (Å²) >= 11 is 3.72. The molecular formula is C13H24N2OS2. The van der Waals surface area contributed by atoms with Gasteiger partial charge >= 0.3 is 0 Å². The minimum absolute atomic E-state index is 0.132. The van der Waals surface area contributed by atoms with Crippen LogP contribution in [0.4, 0.5) is 0 Å². The van der Waals surface area contributed by atoms with Crippen LogP contribution in [0.15, 0.2) is 0 Å². The highest BCUT2D eigenvalue weighted by Gasteiger charge is 2.14. The number of thiazole rings is 1. The van der Waals surface area contributed by atoms with Crippen LogP contribution in [0.25, 0.3) is 0 Å². The smallest absolute Gasteiger partial charge is 0.103 e. The molecule has 0 fully saturated rings. The lowest BCUT2D eigenvalue weighted by molar-refractivity contribution is 0.181. The first-order valence-corrected chi connectivity index (χ1v) is 8.22. The lowest BCUT2D eigenvalue weighted by Gasteiger charge is -2.20. The number of aromatic nitrogens is 1. The molecule has 0 bridgehead atoms. The average molecular weight is 288 g/mol. The molecule has 5 heteroatoms. The van der Waals surface area contributed by atoms with Gasteiger partial charge in [-0.15, -0.1) is 11.3 Å². The van der Waals surface area contributed by atoms with Crippen molar-refractivity contribution >= 4 is 23.1 Å². The second-order valence-electron chi connectivity index (χ2n) is 5.15. The summed E-state index contributed by atoms with van der Waals surface area (Å²) in [7, 11) is 1.72. The maximum absolute atomic E-state index is 5.23. The molecule has 1 heterocycles. The Morgan fingerprint density at radius 1 is 1.39 bits per heavy atom. The predicted octanol–water partition coefficient (Wildman–Crippen LogP) is 3.43. The van der Waals surface area contributed by atoms with Gasteiger partial charge in [0, 0.05) is 29.8 Å². The number of nitrogens with one attached hydrogen (secondary N) is 1. The Labute approximate surface area is 119 Å². The van der Waals surface area contributed by atoms with Gasteiger partial charge in [0.05, 0.1) is 12.3 Å². The first-order valence-electron chi connectivity index (χ1n) is 6.25. The van der Waals surface area contributed by atoms with Gasteiger partial charge in [0.2, 0.25) is 0 Å². The molecule has 1 rings (SSSR count). The van der Waals surface area contributed by atoms with Gasteiger partial charge in [-0.05, 0) is 26.5 Å². The summed E-state index contributed by atoms with van der Waals surface area (Å²) in [5.41, 5.74) is 1.22. The Kier molecular flexibility index (Phi) is 6.63. The van der Waals surface area contributed by atoms with Crippen LogP contribution < -0.4 is 5.32 Å². The van der Waals surface area contributed by atoms with E-state index in [4.69, 9.17) is 4.74 Å². The Morgan fingerprint density at radius 2 is 2.11 bits per heavy atom. The van der Waals surface area contributed by atoms with Crippen molar-refractivity contribution in [2.45, 2.75) is 52.1 Å². The fraction of sp³-hybridized carbons (Fsp3) is 0.769. The highest BCUT2D eigenvalue weighted by molar-refractivity contribution is 7.98. The van der Waals surface area contributed by atoms with Crippen LogP contribution in [0.3, 0.4) is 0 Å². The van der Waals surface area contributed by atoms with E-state index >= 15 is 0 Å². The Morgan fingerprint density at radius 3 is 2.67 bits per heavy atom. The summed E-state index contributed by atoms with van der Waals surface area (Å²) in [5.74, 6) is 2.14. The third-order valence-electron chi connectivity index (χ3n) is 2.31. The fourth-order valence-electron chi connectivity index (χ4n) is 1.42. The molecule has 0 aliphatic rings. The van der Waals surface area contributed by atoms with E-state index in [0.717, 1.165) is 23.7 Å². The van der Waals surface area contributed by atoms with E-state index in [1.807, 2.05) is 11.8 Å². The van der Waals surface area contributed by atoms with Crippen LogP contribution in [0.5, 0.6) is 0 Å². The molecule has 0 amide bonds. The number of thioether (sulfide) groups is 1. The van der Waals surface area contributed by atoms with Crippen molar-refractivity contribution in [3.8, 4) is 0 Å². The average Bonchev–Trinajstić information content (AvgIpc) is 2.66. The van der Waals surface area contributed by atoms with Gasteiger partial charge in [0.25, 0.3) is 0 Å². The van der Waals surface area contributed by atoms with Gasteiger partial charge in [0.15, 0.2) is 0 Å². The molecule has 18 heavy (non-hydrogen) atoms. The van der Waals surface area contributed by atoms with Crippen molar-refractivity contribution in [3.05, 3.63) is 15.6 Å². The van der Waals surface area contributed by atoms with Gasteiger partial charge < -0.3 is 10.1 Å². The lowest BCUT2D eigenvalue weighted by atomic mass is 10.1. The van der Waals surface area contributed by atoms with E-state index in [1.165, 1.54) is 9.88 Å². The number of ether oxygens (including phenoxy) is 1. The van der Waals surface area contributed by atoms with Crippen LogP contribution in [-0.2, 0) is 23.6 Å². The van der Waals surface area contributed by atoms with Crippen molar-refractivity contribution in [3.63, 3.8) is 0 Å². The number of methoxy groups -OCH3 is 1. The largest absolute Gasteiger partial charge is 0.378 e. The van der Waals surface area contributed by atoms with E-state index in [9.17, 15) is 0 Å². The molecule has 0 radical (unpaired) electrons. The molecule has 1 aromatic heterocycles. The van der Waals surface area contributed by atoms with Gasteiger partial charge in [-0.1, -0.05) is 6.92 Å². The molecule has 0 atom stereocenters. The first-order chi connectivity index (χ1) is 8.46. The molecule has 0 aromatic carbocycles. The van der Waals surface area contributed by atoms with Gasteiger partial charge in [0.1, 0.15) is 5.01 Å². The number of hydrogen-bond donors (Lipinski definition) is 1. The maximum atomic E-state index is 5.23. The quantitative estimate of drug-likeness (QED) is 0.833. The molecule has 0 aliphatic carbocycles. The van der Waals surface area contributed by atoms with E-state index < -0.39 is 0 Å². The molecule has 0 saturated carbocycles. The van der Waals surface area contributed by atoms with Crippen LogP contribution >= 0.6 is 23.1 Å². The second kappa shape index (κ2) is 7.48. The van der Waals surface area contributed by atoms with Crippen molar-refractivity contribution < 1.29 is 4.74 Å². The zero-order chi connectivity index (χ0) is 13.6. The van der Waals surface area contributed by atoms with Crippen molar-refractivity contribution in [2.24, 2.45) is 0 Å². The van der Waals surface area contributed by atoms with E-state index in [2.05, 4.69) is 38.0 Å². The molecule has 0 aliphatic heterocycles. The standard InChI is InChI=1S/C13H24N2OS2/c1-6-17-9-12-15-10(8-16-5)11(18-12)7-14-13(2,3)4/h14H,6-9H2,1-5H3. The zero-order valence-corrected chi connectivity index (χ0v) is 13.6. The summed E-state index contributed by atoms with van der Waals surface area (Å²) in [6, 6.07) is 0. The SMILES string of the molecule is CCSCc1nc(COC)c(CNC(C)(C)C)s1. The van der Waals surface area contributed by atoms with Gasteiger partial charge in [-0.3, -0.25) is 0 Å². The normalized spacial score (nSPS) is 12.1. The molecule has 104 valence electrons. The molecule has 0 saturated heterocycles. The number of rotatable bonds is 7. The molecule has 0 spiro atoms. The van der Waals surface area contributed by atoms with Crippen molar-refractivity contribution in [1.82, 2.24) is 10.3 Å². The van der Waals surface area contributed by atoms with Crippen molar-refractivity contribution in [2.75, 3.05) is 12.9 Å². The molecular weight excluding hydrogens is 264 g/mol. The Balaban J connectivity index is 2.70. The molecule has 0 unspecified atom stereocenters. The second-order valence-corrected chi connectivity index (χ2v) is 7.59. The van der Waals surface area contributed by atoms with E-state index in [-0.39, 0.29) is 5.54 Å². The topological polar surface area (TPSA) is 34.1 Å². The number of nitrogens with zero attached hydrogens (tertiary/aromatic N) is 1. The lowest BCUT2D eigenvalue weighted by Crippen LogP contribution is -2.35. The maximum Gasteiger partial charge on any atom is 0.103 e. The monoisotopic (exact) mass is 288 g/mol. The third kappa shape index (κ3) is 5.69. The van der Waals surface area contributed by atoms with Gasteiger partial charge in [-0.2, -0.15) is 11.8 Å². The fourth-order valence-corrected chi connectivity index (χ4v) is 3.16. The van der Waals surface area contributed by atoms with Crippen LogP contribution in [0, 0.1) is 0 Å². The molecule has 1 aromatic rings. The van der Waals surface area contributed by atoms with E-state index in [1.54, 1.807) is 18.4 Å². The molecule has 3 nitrogen and oxygen atoms in total.